The quantitative estimate of drug-likeness (QED) is 0.922. The van der Waals surface area contributed by atoms with Gasteiger partial charge in [0.2, 0.25) is 0 Å². The molecule has 0 spiro atoms. The van der Waals surface area contributed by atoms with Crippen LogP contribution >= 0.6 is 0 Å². The molecule has 1 aliphatic heterocycles. The maximum atomic E-state index is 12.5. The Morgan fingerprint density at radius 1 is 1.27 bits per heavy atom. The van der Waals surface area contributed by atoms with Crippen molar-refractivity contribution in [3.63, 3.8) is 0 Å². The second-order valence-corrected chi connectivity index (χ2v) is 5.11. The van der Waals surface area contributed by atoms with E-state index in [4.69, 9.17) is 4.42 Å². The first-order chi connectivity index (χ1) is 10.7. The SMILES string of the molecule is CN1NC(c2ccccc2)=C(C#N)C(=O)C[C@@H]1c1ccco1. The summed E-state index contributed by atoms with van der Waals surface area (Å²) in [6.45, 7) is 0. The maximum absolute atomic E-state index is 12.5. The van der Waals surface area contributed by atoms with Crippen molar-refractivity contribution in [1.29, 1.82) is 5.26 Å². The Morgan fingerprint density at radius 2 is 2.05 bits per heavy atom. The molecule has 0 amide bonds. The number of allylic oxidation sites excluding steroid dienone is 1. The zero-order valence-corrected chi connectivity index (χ0v) is 12.1. The van der Waals surface area contributed by atoms with Crippen molar-refractivity contribution < 1.29 is 9.21 Å². The molecule has 1 N–H and O–H groups in total. The van der Waals surface area contributed by atoms with Crippen LogP contribution in [0.15, 0.2) is 58.7 Å². The van der Waals surface area contributed by atoms with Gasteiger partial charge in [0.15, 0.2) is 5.78 Å². The van der Waals surface area contributed by atoms with Crippen molar-refractivity contribution in [2.75, 3.05) is 7.05 Å². The van der Waals surface area contributed by atoms with Crippen LogP contribution < -0.4 is 5.43 Å². The van der Waals surface area contributed by atoms with Gasteiger partial charge >= 0.3 is 0 Å². The molecule has 0 saturated heterocycles. The van der Waals surface area contributed by atoms with Crippen LogP contribution in [0, 0.1) is 11.3 Å². The average molecular weight is 293 g/mol. The summed E-state index contributed by atoms with van der Waals surface area (Å²) in [6, 6.07) is 14.8. The highest BCUT2D eigenvalue weighted by Gasteiger charge is 2.31. The smallest absolute Gasteiger partial charge is 0.177 e. The fourth-order valence-electron chi connectivity index (χ4n) is 2.57. The number of furan rings is 1. The fourth-order valence-corrected chi connectivity index (χ4v) is 2.57. The molecule has 0 fully saturated rings. The van der Waals surface area contributed by atoms with Crippen molar-refractivity contribution in [3.8, 4) is 6.07 Å². The highest BCUT2D eigenvalue weighted by atomic mass is 16.3. The first-order valence-corrected chi connectivity index (χ1v) is 6.96. The molecule has 0 aliphatic carbocycles. The zero-order valence-electron chi connectivity index (χ0n) is 12.1. The van der Waals surface area contributed by atoms with Crippen LogP contribution in [0.25, 0.3) is 5.70 Å². The third-order valence-corrected chi connectivity index (χ3v) is 3.71. The van der Waals surface area contributed by atoms with Gasteiger partial charge in [-0.15, -0.1) is 0 Å². The zero-order chi connectivity index (χ0) is 15.5. The summed E-state index contributed by atoms with van der Waals surface area (Å²) in [5, 5.41) is 11.2. The van der Waals surface area contributed by atoms with Crippen LogP contribution in [-0.4, -0.2) is 17.8 Å². The van der Waals surface area contributed by atoms with Crippen LogP contribution in [0.5, 0.6) is 0 Å². The largest absolute Gasteiger partial charge is 0.468 e. The van der Waals surface area contributed by atoms with Gasteiger partial charge in [0.25, 0.3) is 0 Å². The van der Waals surface area contributed by atoms with Crippen LogP contribution in [-0.2, 0) is 4.79 Å². The van der Waals surface area contributed by atoms with Crippen LogP contribution in [0.4, 0.5) is 0 Å². The van der Waals surface area contributed by atoms with Gasteiger partial charge in [0.1, 0.15) is 17.4 Å². The van der Waals surface area contributed by atoms with E-state index in [0.29, 0.717) is 11.5 Å². The number of benzene rings is 1. The molecule has 0 radical (unpaired) electrons. The van der Waals surface area contributed by atoms with Crippen molar-refractivity contribution in [2.45, 2.75) is 12.5 Å². The number of hydrogen-bond donors (Lipinski definition) is 1. The molecule has 2 aromatic rings. The lowest BCUT2D eigenvalue weighted by atomic mass is 10.00. The van der Waals surface area contributed by atoms with Gasteiger partial charge < -0.3 is 9.84 Å². The maximum Gasteiger partial charge on any atom is 0.177 e. The van der Waals surface area contributed by atoms with E-state index >= 15 is 0 Å². The van der Waals surface area contributed by atoms with E-state index in [1.54, 1.807) is 12.3 Å². The van der Waals surface area contributed by atoms with E-state index in [0.717, 1.165) is 5.56 Å². The Labute approximate surface area is 128 Å². The van der Waals surface area contributed by atoms with E-state index in [-0.39, 0.29) is 23.8 Å². The fraction of sp³-hybridized carbons (Fsp3) is 0.176. The number of nitriles is 1. The minimum atomic E-state index is -0.257. The van der Waals surface area contributed by atoms with Crippen LogP contribution in [0.3, 0.4) is 0 Å². The molecule has 1 atom stereocenters. The van der Waals surface area contributed by atoms with E-state index in [1.807, 2.05) is 54.5 Å². The summed E-state index contributed by atoms with van der Waals surface area (Å²) in [7, 11) is 1.84. The summed E-state index contributed by atoms with van der Waals surface area (Å²) in [6.07, 6.45) is 1.77. The predicted octanol–water partition coefficient (Wildman–Crippen LogP) is 2.66. The standard InChI is InChI=1S/C17H15N3O2/c1-20-14(16-8-5-9-22-16)10-15(21)13(11-18)17(19-20)12-6-3-2-4-7-12/h2-9,14,19H,10H2,1H3/t14-/m1/s1. The minimum Gasteiger partial charge on any atom is -0.468 e. The Balaban J connectivity index is 2.03. The number of carbonyl (C=O) groups excluding carboxylic acids is 1. The Hall–Kier alpha value is -2.84. The topological polar surface area (TPSA) is 69.3 Å². The average Bonchev–Trinajstić information content (AvgIpc) is 3.03. The Bertz CT molecular complexity index is 742. The van der Waals surface area contributed by atoms with Gasteiger partial charge in [-0.05, 0) is 12.1 Å². The van der Waals surface area contributed by atoms with Gasteiger partial charge in [-0.3, -0.25) is 4.79 Å². The number of hydrazine groups is 1. The summed E-state index contributed by atoms with van der Waals surface area (Å²) in [5.41, 5.74) is 4.66. The van der Waals surface area contributed by atoms with Gasteiger partial charge in [-0.1, -0.05) is 30.3 Å². The minimum absolute atomic E-state index is 0.145. The highest BCUT2D eigenvalue weighted by Crippen LogP contribution is 2.30. The van der Waals surface area contributed by atoms with E-state index in [1.165, 1.54) is 0 Å². The third kappa shape index (κ3) is 2.52. The monoisotopic (exact) mass is 293 g/mol. The summed E-state index contributed by atoms with van der Waals surface area (Å²) >= 11 is 0. The van der Waals surface area contributed by atoms with Gasteiger partial charge in [0.05, 0.1) is 18.0 Å². The molecule has 3 rings (SSSR count). The second-order valence-electron chi connectivity index (χ2n) is 5.11. The van der Waals surface area contributed by atoms with Crippen LogP contribution in [0.2, 0.25) is 0 Å². The first-order valence-electron chi connectivity index (χ1n) is 6.96. The molecule has 2 heterocycles. The molecule has 110 valence electrons. The molecular formula is C17H15N3O2. The Morgan fingerprint density at radius 3 is 2.68 bits per heavy atom. The molecule has 0 unspecified atom stereocenters. The van der Waals surface area contributed by atoms with Gasteiger partial charge in [0, 0.05) is 19.0 Å². The highest BCUT2D eigenvalue weighted by molar-refractivity contribution is 6.06. The molecule has 5 heteroatoms. The normalized spacial score (nSPS) is 19.5. The number of Topliss-reactive ketones (excluding diaryl/α,β-unsaturated/α-hetero) is 1. The molecule has 1 aromatic heterocycles. The van der Waals surface area contributed by atoms with Gasteiger partial charge in [-0.2, -0.15) is 5.26 Å². The molecule has 0 bridgehead atoms. The number of ketones is 1. The summed E-state index contributed by atoms with van der Waals surface area (Å²) in [4.78, 5) is 12.5. The molecule has 5 nitrogen and oxygen atoms in total. The first kappa shape index (κ1) is 14.1. The molecule has 22 heavy (non-hydrogen) atoms. The molecular weight excluding hydrogens is 278 g/mol. The third-order valence-electron chi connectivity index (χ3n) is 3.71. The van der Waals surface area contributed by atoms with E-state index < -0.39 is 0 Å². The Kier molecular flexibility index (Phi) is 3.77. The second kappa shape index (κ2) is 5.88. The number of rotatable bonds is 2. The van der Waals surface area contributed by atoms with Crippen molar-refractivity contribution in [1.82, 2.24) is 10.4 Å². The number of carbonyl (C=O) groups is 1. The number of nitrogens with zero attached hydrogens (tertiary/aromatic N) is 2. The summed E-state index contributed by atoms with van der Waals surface area (Å²) in [5.74, 6) is 0.495. The molecule has 1 aliphatic rings. The van der Waals surface area contributed by atoms with E-state index in [9.17, 15) is 10.1 Å². The van der Waals surface area contributed by atoms with Crippen LogP contribution in [0.1, 0.15) is 23.8 Å². The molecule has 1 aromatic carbocycles. The lowest BCUT2D eigenvalue weighted by molar-refractivity contribution is -0.116. The predicted molar refractivity (Wildman–Crippen MR) is 80.9 cm³/mol. The lowest BCUT2D eigenvalue weighted by Crippen LogP contribution is -2.35. The lowest BCUT2D eigenvalue weighted by Gasteiger charge is -2.26. The van der Waals surface area contributed by atoms with E-state index in [2.05, 4.69) is 5.43 Å². The van der Waals surface area contributed by atoms with Crippen molar-refractivity contribution in [2.24, 2.45) is 0 Å². The number of hydrogen-bond acceptors (Lipinski definition) is 5. The summed E-state index contributed by atoms with van der Waals surface area (Å²) < 4.78 is 5.42. The number of nitrogens with one attached hydrogen (secondary N) is 1. The molecule has 0 saturated carbocycles. The van der Waals surface area contributed by atoms with Crippen molar-refractivity contribution >= 4 is 11.5 Å². The van der Waals surface area contributed by atoms with Gasteiger partial charge in [-0.25, -0.2) is 5.01 Å². The van der Waals surface area contributed by atoms with Crippen molar-refractivity contribution in [3.05, 3.63) is 65.6 Å².